The Bertz CT molecular complexity index is 141. The molecule has 12 heavy (non-hydrogen) atoms. The molecule has 0 unspecified atom stereocenters. The molecule has 0 aromatic carbocycles. The molecule has 1 saturated carbocycles. The van der Waals surface area contributed by atoms with Crippen molar-refractivity contribution < 1.29 is 5.11 Å². The molecule has 0 aliphatic heterocycles. The molecule has 0 atom stereocenters. The van der Waals surface area contributed by atoms with E-state index in [-0.39, 0.29) is 5.41 Å². The lowest BCUT2D eigenvalue weighted by molar-refractivity contribution is 0.208. The van der Waals surface area contributed by atoms with E-state index in [1.165, 1.54) is 12.8 Å². The van der Waals surface area contributed by atoms with Gasteiger partial charge in [0.2, 0.25) is 0 Å². The summed E-state index contributed by atoms with van der Waals surface area (Å²) >= 11 is 0. The van der Waals surface area contributed by atoms with E-state index >= 15 is 0 Å². The minimum absolute atomic E-state index is 0.258. The number of aliphatic hydroxyl groups is 1. The van der Waals surface area contributed by atoms with Gasteiger partial charge in [0.1, 0.15) is 0 Å². The molecule has 2 N–H and O–H groups in total. The molecule has 0 saturated heterocycles. The van der Waals surface area contributed by atoms with Crippen LogP contribution in [0.5, 0.6) is 0 Å². The van der Waals surface area contributed by atoms with Crippen LogP contribution in [0.2, 0.25) is 0 Å². The quantitative estimate of drug-likeness (QED) is 0.445. The standard InChI is InChI=1S/C10H19NO/c1-2-3-4-7-11-8-10(9-12)5-6-10/h2,11-12H,1,3-9H2. The summed E-state index contributed by atoms with van der Waals surface area (Å²) in [5.74, 6) is 0. The summed E-state index contributed by atoms with van der Waals surface area (Å²) in [6, 6.07) is 0. The van der Waals surface area contributed by atoms with Gasteiger partial charge in [0.05, 0.1) is 0 Å². The molecule has 2 heteroatoms. The Morgan fingerprint density at radius 2 is 2.25 bits per heavy atom. The molecule has 0 spiro atoms. The minimum Gasteiger partial charge on any atom is -0.396 e. The summed E-state index contributed by atoms with van der Waals surface area (Å²) in [7, 11) is 0. The first kappa shape index (κ1) is 9.75. The summed E-state index contributed by atoms with van der Waals surface area (Å²) < 4.78 is 0. The Hall–Kier alpha value is -0.340. The Balaban J connectivity index is 1.92. The molecule has 0 heterocycles. The van der Waals surface area contributed by atoms with E-state index in [1.54, 1.807) is 0 Å². The normalized spacial score (nSPS) is 19.1. The molecule has 0 amide bonds. The van der Waals surface area contributed by atoms with E-state index in [9.17, 15) is 0 Å². The van der Waals surface area contributed by atoms with Crippen molar-refractivity contribution in [2.45, 2.75) is 25.7 Å². The van der Waals surface area contributed by atoms with Crippen molar-refractivity contribution in [1.29, 1.82) is 0 Å². The maximum atomic E-state index is 9.00. The third-order valence-corrected chi connectivity index (χ3v) is 2.55. The zero-order valence-corrected chi connectivity index (χ0v) is 7.68. The van der Waals surface area contributed by atoms with Gasteiger partial charge in [0, 0.05) is 18.6 Å². The first-order valence-electron chi connectivity index (χ1n) is 4.75. The second kappa shape index (κ2) is 4.63. The maximum Gasteiger partial charge on any atom is 0.0499 e. The van der Waals surface area contributed by atoms with Gasteiger partial charge in [-0.15, -0.1) is 6.58 Å². The van der Waals surface area contributed by atoms with Crippen LogP contribution in [-0.2, 0) is 0 Å². The van der Waals surface area contributed by atoms with Crippen LogP contribution in [0.1, 0.15) is 25.7 Å². The predicted molar refractivity (Wildman–Crippen MR) is 51.1 cm³/mol. The summed E-state index contributed by atoms with van der Waals surface area (Å²) in [6.45, 7) is 6.05. The van der Waals surface area contributed by atoms with Crippen molar-refractivity contribution >= 4 is 0 Å². The van der Waals surface area contributed by atoms with Crippen LogP contribution in [0, 0.1) is 5.41 Å². The van der Waals surface area contributed by atoms with Crippen LogP contribution < -0.4 is 5.32 Å². The predicted octanol–water partition coefficient (Wildman–Crippen LogP) is 1.31. The van der Waals surface area contributed by atoms with Gasteiger partial charge in [-0.2, -0.15) is 0 Å². The van der Waals surface area contributed by atoms with Crippen LogP contribution in [0.4, 0.5) is 0 Å². The van der Waals surface area contributed by atoms with Crippen molar-refractivity contribution in [3.05, 3.63) is 12.7 Å². The van der Waals surface area contributed by atoms with Gasteiger partial charge in [-0.05, 0) is 32.2 Å². The average Bonchev–Trinajstić information content (AvgIpc) is 2.85. The molecule has 2 nitrogen and oxygen atoms in total. The fraction of sp³-hybridized carbons (Fsp3) is 0.800. The largest absolute Gasteiger partial charge is 0.396 e. The van der Waals surface area contributed by atoms with Gasteiger partial charge in [0.25, 0.3) is 0 Å². The first-order chi connectivity index (χ1) is 5.83. The van der Waals surface area contributed by atoms with Crippen molar-refractivity contribution in [2.24, 2.45) is 5.41 Å². The number of rotatable bonds is 7. The summed E-state index contributed by atoms with van der Waals surface area (Å²) in [5, 5.41) is 12.4. The molecule has 1 aliphatic carbocycles. The van der Waals surface area contributed by atoms with Gasteiger partial charge >= 0.3 is 0 Å². The molecule has 1 rings (SSSR count). The highest BCUT2D eigenvalue weighted by molar-refractivity contribution is 4.94. The van der Waals surface area contributed by atoms with Crippen molar-refractivity contribution in [3.8, 4) is 0 Å². The zero-order valence-electron chi connectivity index (χ0n) is 7.68. The summed E-state index contributed by atoms with van der Waals surface area (Å²) in [4.78, 5) is 0. The number of unbranched alkanes of at least 4 members (excludes halogenated alkanes) is 1. The van der Waals surface area contributed by atoms with Crippen LogP contribution in [-0.4, -0.2) is 24.8 Å². The monoisotopic (exact) mass is 169 g/mol. The second-order valence-electron chi connectivity index (χ2n) is 3.77. The Kier molecular flexibility index (Phi) is 3.76. The maximum absolute atomic E-state index is 9.00. The molecule has 0 radical (unpaired) electrons. The van der Waals surface area contributed by atoms with E-state index < -0.39 is 0 Å². The van der Waals surface area contributed by atoms with Gasteiger partial charge in [0.15, 0.2) is 0 Å². The van der Waals surface area contributed by atoms with Crippen LogP contribution in [0.25, 0.3) is 0 Å². The van der Waals surface area contributed by atoms with Crippen LogP contribution >= 0.6 is 0 Å². The molecule has 1 fully saturated rings. The lowest BCUT2D eigenvalue weighted by Gasteiger charge is -2.11. The van der Waals surface area contributed by atoms with Gasteiger partial charge < -0.3 is 10.4 Å². The molecule has 70 valence electrons. The minimum atomic E-state index is 0.258. The lowest BCUT2D eigenvalue weighted by atomic mass is 10.1. The van der Waals surface area contributed by atoms with Crippen molar-refractivity contribution in [2.75, 3.05) is 19.7 Å². The number of hydrogen-bond donors (Lipinski definition) is 2. The second-order valence-corrected chi connectivity index (χ2v) is 3.77. The fourth-order valence-corrected chi connectivity index (χ4v) is 1.29. The van der Waals surface area contributed by atoms with E-state index in [4.69, 9.17) is 5.11 Å². The first-order valence-corrected chi connectivity index (χ1v) is 4.75. The Labute approximate surface area is 74.7 Å². The third kappa shape index (κ3) is 2.95. The summed E-state index contributed by atoms with van der Waals surface area (Å²) in [5.41, 5.74) is 0.258. The van der Waals surface area contributed by atoms with Crippen LogP contribution in [0.15, 0.2) is 12.7 Å². The van der Waals surface area contributed by atoms with Gasteiger partial charge in [-0.25, -0.2) is 0 Å². The lowest BCUT2D eigenvalue weighted by Crippen LogP contribution is -2.27. The average molecular weight is 169 g/mol. The number of allylic oxidation sites excluding steroid dienone is 1. The van der Waals surface area contributed by atoms with E-state index in [0.717, 1.165) is 25.9 Å². The molecular weight excluding hydrogens is 150 g/mol. The molecule has 0 aromatic heterocycles. The van der Waals surface area contributed by atoms with Crippen molar-refractivity contribution in [1.82, 2.24) is 5.32 Å². The summed E-state index contributed by atoms with van der Waals surface area (Å²) in [6.07, 6.45) is 6.57. The molecule has 1 aliphatic rings. The van der Waals surface area contributed by atoms with Crippen LogP contribution in [0.3, 0.4) is 0 Å². The molecular formula is C10H19NO. The van der Waals surface area contributed by atoms with E-state index in [1.807, 2.05) is 6.08 Å². The highest BCUT2D eigenvalue weighted by Crippen LogP contribution is 2.44. The number of aliphatic hydroxyl groups excluding tert-OH is 1. The van der Waals surface area contributed by atoms with E-state index in [0.29, 0.717) is 6.61 Å². The van der Waals surface area contributed by atoms with Crippen molar-refractivity contribution in [3.63, 3.8) is 0 Å². The Morgan fingerprint density at radius 1 is 1.50 bits per heavy atom. The highest BCUT2D eigenvalue weighted by Gasteiger charge is 2.41. The van der Waals surface area contributed by atoms with E-state index in [2.05, 4.69) is 11.9 Å². The topological polar surface area (TPSA) is 32.3 Å². The highest BCUT2D eigenvalue weighted by atomic mass is 16.3. The molecule has 0 aromatic rings. The third-order valence-electron chi connectivity index (χ3n) is 2.55. The SMILES string of the molecule is C=CCCCNCC1(CO)CC1. The van der Waals surface area contributed by atoms with Gasteiger partial charge in [-0.1, -0.05) is 6.08 Å². The zero-order chi connectivity index (χ0) is 8.86. The smallest absolute Gasteiger partial charge is 0.0499 e. The molecule has 0 bridgehead atoms. The van der Waals surface area contributed by atoms with Gasteiger partial charge in [-0.3, -0.25) is 0 Å². The number of hydrogen-bond acceptors (Lipinski definition) is 2. The fourth-order valence-electron chi connectivity index (χ4n) is 1.29. The number of nitrogens with one attached hydrogen (secondary N) is 1. The Morgan fingerprint density at radius 3 is 2.75 bits per heavy atom.